The summed E-state index contributed by atoms with van der Waals surface area (Å²) >= 11 is 0. The van der Waals surface area contributed by atoms with Crippen LogP contribution in [0.5, 0.6) is 0 Å². The molecule has 0 bridgehead atoms. The molecule has 1 aliphatic heterocycles. The molecule has 26 heavy (non-hydrogen) atoms. The van der Waals surface area contributed by atoms with Gasteiger partial charge in [-0.25, -0.2) is 13.1 Å². The van der Waals surface area contributed by atoms with Gasteiger partial charge in [0.15, 0.2) is 0 Å². The molecule has 148 valence electrons. The fourth-order valence-electron chi connectivity index (χ4n) is 3.31. The quantitative estimate of drug-likeness (QED) is 0.759. The average molecular weight is 404 g/mol. The van der Waals surface area contributed by atoms with Gasteiger partial charge in [0, 0.05) is 32.1 Å². The van der Waals surface area contributed by atoms with E-state index in [2.05, 4.69) is 11.6 Å². The van der Waals surface area contributed by atoms with Crippen LogP contribution < -0.4 is 10.5 Å². The predicted octanol–water partition coefficient (Wildman–Crippen LogP) is 1.98. The molecule has 2 atom stereocenters. The highest BCUT2D eigenvalue weighted by Crippen LogP contribution is 2.22. The summed E-state index contributed by atoms with van der Waals surface area (Å²) < 4.78 is 27.5. The van der Waals surface area contributed by atoms with E-state index in [1.54, 1.807) is 19.1 Å². The molecule has 1 aromatic rings. The van der Waals surface area contributed by atoms with E-state index in [1.807, 2.05) is 17.9 Å². The molecule has 3 N–H and O–H groups in total. The van der Waals surface area contributed by atoms with Crippen LogP contribution in [0.1, 0.15) is 37.3 Å². The van der Waals surface area contributed by atoms with Crippen molar-refractivity contribution in [2.75, 3.05) is 19.6 Å². The summed E-state index contributed by atoms with van der Waals surface area (Å²) in [5.41, 5.74) is 7.37. The summed E-state index contributed by atoms with van der Waals surface area (Å²) in [6, 6.07) is 5.38. The number of rotatable bonds is 6. The molecule has 2 unspecified atom stereocenters. The molecule has 0 saturated carbocycles. The Morgan fingerprint density at radius 1 is 1.35 bits per heavy atom. The maximum atomic E-state index is 12.5. The average Bonchev–Trinajstić information content (AvgIpc) is 2.56. The zero-order valence-electron chi connectivity index (χ0n) is 15.7. The highest BCUT2D eigenvalue weighted by molar-refractivity contribution is 7.89. The van der Waals surface area contributed by atoms with E-state index >= 15 is 0 Å². The second-order valence-electron chi connectivity index (χ2n) is 7.02. The molecule has 1 fully saturated rings. The number of sulfonamides is 1. The number of hydrogen-bond acceptors (Lipinski definition) is 4. The van der Waals surface area contributed by atoms with E-state index in [4.69, 9.17) is 5.73 Å². The van der Waals surface area contributed by atoms with E-state index in [0.717, 1.165) is 18.4 Å². The summed E-state index contributed by atoms with van der Waals surface area (Å²) in [5.74, 6) is 0.534. The number of carbonyl (C=O) groups is 1. The number of nitrogens with one attached hydrogen (secondary N) is 1. The molecule has 0 aromatic heterocycles. The van der Waals surface area contributed by atoms with E-state index in [9.17, 15) is 13.2 Å². The molecular formula is C18H30ClN3O3S. The number of hydrogen-bond donors (Lipinski definition) is 2. The minimum Gasteiger partial charge on any atom is -0.338 e. The van der Waals surface area contributed by atoms with E-state index in [1.165, 1.54) is 0 Å². The number of amides is 1. The first kappa shape index (κ1) is 22.9. The van der Waals surface area contributed by atoms with Crippen molar-refractivity contribution in [1.82, 2.24) is 9.62 Å². The van der Waals surface area contributed by atoms with Gasteiger partial charge in [0.1, 0.15) is 0 Å². The summed E-state index contributed by atoms with van der Waals surface area (Å²) in [6.07, 6.45) is 2.03. The maximum absolute atomic E-state index is 12.5. The van der Waals surface area contributed by atoms with Crippen molar-refractivity contribution in [3.63, 3.8) is 0 Å². The van der Waals surface area contributed by atoms with Crippen molar-refractivity contribution in [3.8, 4) is 0 Å². The van der Waals surface area contributed by atoms with Crippen LogP contribution in [0.25, 0.3) is 0 Å². The molecule has 1 aromatic carbocycles. The van der Waals surface area contributed by atoms with Gasteiger partial charge in [-0.1, -0.05) is 19.1 Å². The Morgan fingerprint density at radius 3 is 2.69 bits per heavy atom. The summed E-state index contributed by atoms with van der Waals surface area (Å²) in [7, 11) is -3.61. The van der Waals surface area contributed by atoms with E-state index < -0.39 is 10.0 Å². The normalized spacial score (nSPS) is 20.5. The fraction of sp³-hybridized carbons (Fsp3) is 0.611. The zero-order chi connectivity index (χ0) is 18.6. The molecule has 6 nitrogen and oxygen atoms in total. The number of nitrogens with two attached hydrogens (primary N) is 1. The molecule has 0 radical (unpaired) electrons. The van der Waals surface area contributed by atoms with Crippen molar-refractivity contribution in [1.29, 1.82) is 0 Å². The molecule has 0 spiro atoms. The number of piperidine rings is 1. The lowest BCUT2D eigenvalue weighted by molar-refractivity contribution is -0.135. The summed E-state index contributed by atoms with van der Waals surface area (Å²) in [5, 5.41) is 0. The number of nitrogens with zero attached hydrogens (tertiary/aromatic N) is 1. The van der Waals surface area contributed by atoms with Crippen molar-refractivity contribution in [2.24, 2.45) is 11.7 Å². The lowest BCUT2D eigenvalue weighted by atomic mass is 9.92. The highest BCUT2D eigenvalue weighted by atomic mass is 35.5. The predicted molar refractivity (Wildman–Crippen MR) is 106 cm³/mol. The van der Waals surface area contributed by atoms with Crippen LogP contribution in [0.4, 0.5) is 0 Å². The van der Waals surface area contributed by atoms with Crippen molar-refractivity contribution in [3.05, 3.63) is 29.3 Å². The van der Waals surface area contributed by atoms with Gasteiger partial charge < -0.3 is 10.6 Å². The minimum absolute atomic E-state index is 0. The van der Waals surface area contributed by atoms with Gasteiger partial charge in [-0.05, 0) is 49.8 Å². The van der Waals surface area contributed by atoms with Crippen LogP contribution in [-0.4, -0.2) is 44.9 Å². The van der Waals surface area contributed by atoms with Crippen LogP contribution in [-0.2, 0) is 14.8 Å². The smallest absolute Gasteiger partial charge is 0.240 e. The maximum Gasteiger partial charge on any atom is 0.240 e. The summed E-state index contributed by atoms with van der Waals surface area (Å²) in [4.78, 5) is 14.5. The van der Waals surface area contributed by atoms with Gasteiger partial charge >= 0.3 is 0 Å². The number of benzene rings is 1. The van der Waals surface area contributed by atoms with Crippen LogP contribution in [0.2, 0.25) is 0 Å². The summed E-state index contributed by atoms with van der Waals surface area (Å²) in [6.45, 7) is 7.03. The van der Waals surface area contributed by atoms with Gasteiger partial charge in [-0.15, -0.1) is 12.4 Å². The Balaban J connectivity index is 0.00000338. The Morgan fingerprint density at radius 2 is 2.04 bits per heavy atom. The van der Waals surface area contributed by atoms with E-state index in [-0.39, 0.29) is 42.2 Å². The third-order valence-corrected chi connectivity index (χ3v) is 6.44. The highest BCUT2D eigenvalue weighted by Gasteiger charge is 2.28. The number of aryl methyl sites for hydroxylation is 2. The topological polar surface area (TPSA) is 92.5 Å². The molecular weight excluding hydrogens is 374 g/mol. The van der Waals surface area contributed by atoms with Gasteiger partial charge in [0.2, 0.25) is 15.9 Å². The van der Waals surface area contributed by atoms with Crippen molar-refractivity contribution >= 4 is 28.3 Å². The number of carbonyl (C=O) groups excluding carboxylic acids is 1. The Kier molecular flexibility index (Phi) is 8.53. The van der Waals surface area contributed by atoms with Crippen LogP contribution in [0.3, 0.4) is 0 Å². The molecule has 1 amide bonds. The Labute approximate surface area is 163 Å². The molecule has 1 heterocycles. The van der Waals surface area contributed by atoms with Crippen LogP contribution in [0, 0.1) is 19.8 Å². The Hall–Kier alpha value is -1.15. The van der Waals surface area contributed by atoms with Crippen LogP contribution >= 0.6 is 12.4 Å². The standard InChI is InChI=1S/C18H29N3O3S.ClH/c1-13-4-5-15(3)17(11-13)25(23,24)20-8-6-18(22)21-9-7-14(2)10-16(21)12-19;/h4-5,11,14,16,20H,6-10,12,19H2,1-3H3;1H. The fourth-order valence-corrected chi connectivity index (χ4v) is 4.67. The van der Waals surface area contributed by atoms with Gasteiger partial charge in [-0.2, -0.15) is 0 Å². The Bertz CT molecular complexity index is 724. The number of likely N-dealkylation sites (tertiary alicyclic amines) is 1. The third-order valence-electron chi connectivity index (χ3n) is 4.83. The SMILES string of the molecule is Cc1ccc(C)c(S(=O)(=O)NCCC(=O)N2CCC(C)CC2CN)c1.Cl. The van der Waals surface area contributed by atoms with E-state index in [0.29, 0.717) is 24.6 Å². The first-order valence-electron chi connectivity index (χ1n) is 8.81. The second-order valence-corrected chi connectivity index (χ2v) is 8.76. The van der Waals surface area contributed by atoms with Gasteiger partial charge in [0.25, 0.3) is 0 Å². The lowest BCUT2D eigenvalue weighted by Crippen LogP contribution is -2.49. The largest absolute Gasteiger partial charge is 0.338 e. The van der Waals surface area contributed by atoms with Crippen molar-refractivity contribution in [2.45, 2.75) is 51.0 Å². The first-order chi connectivity index (χ1) is 11.7. The van der Waals surface area contributed by atoms with Crippen LogP contribution in [0.15, 0.2) is 23.1 Å². The number of halogens is 1. The first-order valence-corrected chi connectivity index (χ1v) is 10.3. The minimum atomic E-state index is -3.61. The molecule has 1 saturated heterocycles. The molecule has 8 heteroatoms. The van der Waals surface area contributed by atoms with Gasteiger partial charge in [0.05, 0.1) is 4.90 Å². The zero-order valence-corrected chi connectivity index (χ0v) is 17.3. The molecule has 1 aliphatic rings. The van der Waals surface area contributed by atoms with Gasteiger partial charge in [-0.3, -0.25) is 4.79 Å². The molecule has 0 aliphatic carbocycles. The second kappa shape index (κ2) is 9.69. The van der Waals surface area contributed by atoms with Crippen molar-refractivity contribution < 1.29 is 13.2 Å². The lowest BCUT2D eigenvalue weighted by Gasteiger charge is -2.38. The third kappa shape index (κ3) is 5.67. The monoisotopic (exact) mass is 403 g/mol. The molecule has 2 rings (SSSR count).